The second kappa shape index (κ2) is 7.43. The van der Waals surface area contributed by atoms with Crippen LogP contribution in [0.4, 0.5) is 0 Å². The van der Waals surface area contributed by atoms with E-state index in [0.717, 1.165) is 0 Å². The Hall–Kier alpha value is -2.17. The van der Waals surface area contributed by atoms with Gasteiger partial charge in [0.2, 0.25) is 5.91 Å². The minimum absolute atomic E-state index is 0.00969. The number of benzene rings is 1. The highest BCUT2D eigenvalue weighted by Crippen LogP contribution is 2.06. The maximum absolute atomic E-state index is 11.8. The highest BCUT2D eigenvalue weighted by Gasteiger charge is 2.23. The zero-order chi connectivity index (χ0) is 15.1. The topological polar surface area (TPSA) is 83.5 Å². The SMILES string of the molecule is CC(C)C(NC(=O)CCC(=O)c1ccccc1)C(=O)O. The quantitative estimate of drug-likeness (QED) is 0.745. The third kappa shape index (κ3) is 4.84. The van der Waals surface area contributed by atoms with Gasteiger partial charge in [0.15, 0.2) is 5.78 Å². The smallest absolute Gasteiger partial charge is 0.326 e. The molecule has 1 aromatic rings. The van der Waals surface area contributed by atoms with Crippen LogP contribution in [0.2, 0.25) is 0 Å². The van der Waals surface area contributed by atoms with Gasteiger partial charge in [0.25, 0.3) is 0 Å². The number of carboxylic acids is 1. The third-order valence-electron chi connectivity index (χ3n) is 2.92. The lowest BCUT2D eigenvalue weighted by molar-refractivity contribution is -0.143. The van der Waals surface area contributed by atoms with Crippen molar-refractivity contribution < 1.29 is 19.5 Å². The van der Waals surface area contributed by atoms with E-state index in [0.29, 0.717) is 5.56 Å². The number of carbonyl (C=O) groups excluding carboxylic acids is 2. The zero-order valence-electron chi connectivity index (χ0n) is 11.6. The average Bonchev–Trinajstić information content (AvgIpc) is 2.42. The molecule has 20 heavy (non-hydrogen) atoms. The molecule has 0 heterocycles. The summed E-state index contributed by atoms with van der Waals surface area (Å²) in [7, 11) is 0. The summed E-state index contributed by atoms with van der Waals surface area (Å²) < 4.78 is 0. The van der Waals surface area contributed by atoms with Gasteiger partial charge in [0, 0.05) is 18.4 Å². The molecule has 0 saturated carbocycles. The summed E-state index contributed by atoms with van der Waals surface area (Å²) in [6.07, 6.45) is 0.0600. The van der Waals surface area contributed by atoms with E-state index in [9.17, 15) is 14.4 Å². The summed E-state index contributed by atoms with van der Waals surface area (Å²) in [6.45, 7) is 3.43. The monoisotopic (exact) mass is 277 g/mol. The lowest BCUT2D eigenvalue weighted by atomic mass is 10.0. The number of carbonyl (C=O) groups is 3. The van der Waals surface area contributed by atoms with Crippen molar-refractivity contribution in [2.24, 2.45) is 5.92 Å². The lowest BCUT2D eigenvalue weighted by Crippen LogP contribution is -2.44. The third-order valence-corrected chi connectivity index (χ3v) is 2.92. The van der Waals surface area contributed by atoms with Crippen LogP contribution in [0.1, 0.15) is 37.0 Å². The molecule has 0 saturated heterocycles. The Kier molecular flexibility index (Phi) is 5.90. The molecule has 1 atom stereocenters. The van der Waals surface area contributed by atoms with Crippen molar-refractivity contribution in [3.63, 3.8) is 0 Å². The van der Waals surface area contributed by atoms with Gasteiger partial charge in [-0.1, -0.05) is 44.2 Å². The van der Waals surface area contributed by atoms with Crippen LogP contribution in [-0.2, 0) is 9.59 Å². The average molecular weight is 277 g/mol. The Balaban J connectivity index is 2.47. The summed E-state index contributed by atoms with van der Waals surface area (Å²) in [6, 6.07) is 7.78. The van der Waals surface area contributed by atoms with Crippen LogP contribution in [0, 0.1) is 5.92 Å². The van der Waals surface area contributed by atoms with E-state index in [-0.39, 0.29) is 24.5 Å². The van der Waals surface area contributed by atoms with E-state index in [4.69, 9.17) is 5.11 Å². The molecule has 1 rings (SSSR count). The van der Waals surface area contributed by atoms with Gasteiger partial charge in [0.1, 0.15) is 6.04 Å². The van der Waals surface area contributed by atoms with Crippen molar-refractivity contribution in [3.05, 3.63) is 35.9 Å². The lowest BCUT2D eigenvalue weighted by Gasteiger charge is -2.17. The number of nitrogens with one attached hydrogen (secondary N) is 1. The maximum atomic E-state index is 11.8. The molecule has 0 radical (unpaired) electrons. The Morgan fingerprint density at radius 1 is 1.10 bits per heavy atom. The molecular weight excluding hydrogens is 258 g/mol. The van der Waals surface area contributed by atoms with Crippen LogP contribution in [0.25, 0.3) is 0 Å². The van der Waals surface area contributed by atoms with Crippen molar-refractivity contribution in [1.29, 1.82) is 0 Å². The first-order valence-corrected chi connectivity index (χ1v) is 6.52. The van der Waals surface area contributed by atoms with Gasteiger partial charge < -0.3 is 10.4 Å². The van der Waals surface area contributed by atoms with Crippen LogP contribution in [0.5, 0.6) is 0 Å². The van der Waals surface area contributed by atoms with E-state index in [2.05, 4.69) is 5.32 Å². The van der Waals surface area contributed by atoms with Gasteiger partial charge >= 0.3 is 5.97 Å². The number of Topliss-reactive ketones (excluding diaryl/α,β-unsaturated/α-hetero) is 1. The number of amides is 1. The summed E-state index contributed by atoms with van der Waals surface area (Å²) >= 11 is 0. The molecule has 0 spiro atoms. The molecule has 0 aliphatic rings. The van der Waals surface area contributed by atoms with E-state index in [1.807, 2.05) is 6.07 Å². The van der Waals surface area contributed by atoms with Gasteiger partial charge in [-0.15, -0.1) is 0 Å². The molecule has 0 aliphatic carbocycles. The molecule has 1 unspecified atom stereocenters. The highest BCUT2D eigenvalue weighted by molar-refractivity contribution is 5.98. The van der Waals surface area contributed by atoms with E-state index >= 15 is 0 Å². The molecule has 5 nitrogen and oxygen atoms in total. The summed E-state index contributed by atoms with van der Waals surface area (Å²) in [5.74, 6) is -1.82. The first kappa shape index (κ1) is 15.9. The number of carboxylic acid groups (broad SMARTS) is 1. The molecular formula is C15H19NO4. The summed E-state index contributed by atoms with van der Waals surface area (Å²) in [5, 5.41) is 11.4. The fraction of sp³-hybridized carbons (Fsp3) is 0.400. The molecule has 1 aromatic carbocycles. The standard InChI is InChI=1S/C15H19NO4/c1-10(2)14(15(19)20)16-13(18)9-8-12(17)11-6-4-3-5-7-11/h3-7,10,14H,8-9H2,1-2H3,(H,16,18)(H,19,20). The van der Waals surface area contributed by atoms with Crippen molar-refractivity contribution in [3.8, 4) is 0 Å². The van der Waals surface area contributed by atoms with Crippen molar-refractivity contribution in [1.82, 2.24) is 5.32 Å². The first-order chi connectivity index (χ1) is 9.41. The molecule has 0 fully saturated rings. The van der Waals surface area contributed by atoms with Crippen LogP contribution in [0.3, 0.4) is 0 Å². The maximum Gasteiger partial charge on any atom is 0.326 e. The van der Waals surface area contributed by atoms with E-state index in [1.165, 1.54) is 0 Å². The molecule has 108 valence electrons. The first-order valence-electron chi connectivity index (χ1n) is 6.52. The summed E-state index contributed by atoms with van der Waals surface area (Å²) in [4.78, 5) is 34.4. The highest BCUT2D eigenvalue weighted by atomic mass is 16.4. The van der Waals surface area contributed by atoms with Crippen molar-refractivity contribution >= 4 is 17.7 Å². The Bertz CT molecular complexity index is 482. The van der Waals surface area contributed by atoms with Gasteiger partial charge in [-0.3, -0.25) is 9.59 Å². The van der Waals surface area contributed by atoms with E-state index < -0.39 is 17.9 Å². The number of rotatable bonds is 7. The van der Waals surface area contributed by atoms with Gasteiger partial charge in [-0.2, -0.15) is 0 Å². The predicted octanol–water partition coefficient (Wildman–Crippen LogP) is 1.87. The van der Waals surface area contributed by atoms with Gasteiger partial charge in [-0.05, 0) is 5.92 Å². The Morgan fingerprint density at radius 2 is 1.70 bits per heavy atom. The molecule has 1 amide bonds. The predicted molar refractivity (Wildman–Crippen MR) is 74.4 cm³/mol. The van der Waals surface area contributed by atoms with Crippen LogP contribution < -0.4 is 5.32 Å². The second-order valence-electron chi connectivity index (χ2n) is 4.92. The number of hydrogen-bond acceptors (Lipinski definition) is 3. The fourth-order valence-corrected chi connectivity index (χ4v) is 1.75. The molecule has 0 bridgehead atoms. The number of aliphatic carboxylic acids is 1. The molecule has 0 aromatic heterocycles. The van der Waals surface area contributed by atoms with Crippen LogP contribution in [-0.4, -0.2) is 28.8 Å². The fourth-order valence-electron chi connectivity index (χ4n) is 1.75. The second-order valence-corrected chi connectivity index (χ2v) is 4.92. The van der Waals surface area contributed by atoms with E-state index in [1.54, 1.807) is 38.1 Å². The van der Waals surface area contributed by atoms with Crippen LogP contribution >= 0.6 is 0 Å². The van der Waals surface area contributed by atoms with Crippen molar-refractivity contribution in [2.45, 2.75) is 32.7 Å². The number of ketones is 1. The minimum Gasteiger partial charge on any atom is -0.480 e. The van der Waals surface area contributed by atoms with Gasteiger partial charge in [0.05, 0.1) is 0 Å². The largest absolute Gasteiger partial charge is 0.480 e. The zero-order valence-corrected chi connectivity index (χ0v) is 11.6. The van der Waals surface area contributed by atoms with Gasteiger partial charge in [-0.25, -0.2) is 4.79 Å². The van der Waals surface area contributed by atoms with Crippen molar-refractivity contribution in [2.75, 3.05) is 0 Å². The molecule has 2 N–H and O–H groups in total. The Labute approximate surface area is 118 Å². The molecule has 5 heteroatoms. The Morgan fingerprint density at radius 3 is 2.20 bits per heavy atom. The summed E-state index contributed by atoms with van der Waals surface area (Å²) in [5.41, 5.74) is 0.555. The minimum atomic E-state index is -1.07. The molecule has 0 aliphatic heterocycles. The normalized spacial score (nSPS) is 11.9. The van der Waals surface area contributed by atoms with Crippen LogP contribution in [0.15, 0.2) is 30.3 Å². The number of hydrogen-bond donors (Lipinski definition) is 2.